The fourth-order valence-corrected chi connectivity index (χ4v) is 3.39. The first-order valence-corrected chi connectivity index (χ1v) is 9.21. The van der Waals surface area contributed by atoms with Crippen LogP contribution in [-0.2, 0) is 19.4 Å². The number of fused-ring (bicyclic) bond motifs is 1. The number of aromatic nitrogens is 3. The minimum absolute atomic E-state index is 0.425. The summed E-state index contributed by atoms with van der Waals surface area (Å²) in [6.45, 7) is 0.425. The third-order valence-electron chi connectivity index (χ3n) is 4.64. The normalized spacial score (nSPS) is 13.1. The molecule has 6 nitrogen and oxygen atoms in total. The highest BCUT2D eigenvalue weighted by Crippen LogP contribution is 2.27. The van der Waals surface area contributed by atoms with E-state index in [0.717, 1.165) is 29.0 Å². The molecule has 27 heavy (non-hydrogen) atoms. The van der Waals surface area contributed by atoms with Gasteiger partial charge in [-0.1, -0.05) is 6.07 Å². The van der Waals surface area contributed by atoms with Gasteiger partial charge < -0.3 is 9.47 Å². The number of methoxy groups -OCH3 is 1. The topological polar surface area (TPSA) is 64.4 Å². The van der Waals surface area contributed by atoms with Crippen LogP contribution in [0.5, 0.6) is 11.5 Å². The van der Waals surface area contributed by atoms with Gasteiger partial charge in [-0.05, 0) is 78.5 Å². The van der Waals surface area contributed by atoms with Crippen LogP contribution in [0.25, 0.3) is 0 Å². The number of H-pyrrole nitrogens is 1. The van der Waals surface area contributed by atoms with E-state index in [1.165, 1.54) is 35.0 Å². The van der Waals surface area contributed by atoms with Crippen LogP contribution in [0.15, 0.2) is 47.8 Å². The number of nitrogens with one attached hydrogen (secondary N) is 1. The first-order valence-electron chi connectivity index (χ1n) is 8.81. The van der Waals surface area contributed by atoms with Crippen molar-refractivity contribution in [3.05, 3.63) is 69.8 Å². The minimum atomic E-state index is 0.425. The van der Waals surface area contributed by atoms with Crippen molar-refractivity contribution in [3.63, 3.8) is 0 Å². The second-order valence-corrected chi connectivity index (χ2v) is 6.78. The summed E-state index contributed by atoms with van der Waals surface area (Å²) in [7, 11) is 1.66. The first kappa shape index (κ1) is 17.5. The van der Waals surface area contributed by atoms with Crippen molar-refractivity contribution in [2.75, 3.05) is 7.11 Å². The molecule has 1 aromatic heterocycles. The molecule has 2 aromatic carbocycles. The molecule has 0 saturated carbocycles. The highest BCUT2D eigenvalue weighted by Gasteiger charge is 2.12. The maximum absolute atomic E-state index is 6.02. The third-order valence-corrected chi connectivity index (χ3v) is 4.91. The van der Waals surface area contributed by atoms with Gasteiger partial charge in [0.05, 0.1) is 13.3 Å². The van der Waals surface area contributed by atoms with Gasteiger partial charge in [-0.25, -0.2) is 0 Å². The van der Waals surface area contributed by atoms with E-state index >= 15 is 0 Å². The molecule has 0 unspecified atom stereocenters. The highest BCUT2D eigenvalue weighted by atomic mass is 32.1. The maximum Gasteiger partial charge on any atom is 0.216 e. The molecule has 1 aliphatic carbocycles. The lowest BCUT2D eigenvalue weighted by atomic mass is 10.1. The van der Waals surface area contributed by atoms with Crippen molar-refractivity contribution in [2.45, 2.75) is 25.9 Å². The zero-order valence-corrected chi connectivity index (χ0v) is 15.8. The van der Waals surface area contributed by atoms with Gasteiger partial charge in [0.15, 0.2) is 0 Å². The number of benzene rings is 2. The average molecular weight is 380 g/mol. The lowest BCUT2D eigenvalue weighted by Gasteiger charge is -2.12. The van der Waals surface area contributed by atoms with Crippen LogP contribution in [0.2, 0.25) is 0 Å². The van der Waals surface area contributed by atoms with Gasteiger partial charge in [0.2, 0.25) is 4.77 Å². The Kier molecular flexibility index (Phi) is 5.02. The largest absolute Gasteiger partial charge is 0.496 e. The monoisotopic (exact) mass is 380 g/mol. The molecule has 0 saturated heterocycles. The van der Waals surface area contributed by atoms with Crippen molar-refractivity contribution in [1.82, 2.24) is 14.9 Å². The standard InChI is InChI=1S/C20H20N4O2S/c1-25-19-8-5-14(11-22-24-13-21-23-20(24)27)9-17(19)12-26-18-7-6-15-3-2-4-16(15)10-18/h5-11,13H,2-4,12H2,1H3,(H,23,27). The summed E-state index contributed by atoms with van der Waals surface area (Å²) in [6.07, 6.45) is 6.79. The van der Waals surface area contributed by atoms with Gasteiger partial charge in [-0.3, -0.25) is 5.10 Å². The Morgan fingerprint density at radius 3 is 2.93 bits per heavy atom. The smallest absolute Gasteiger partial charge is 0.216 e. The van der Waals surface area contributed by atoms with Crippen molar-refractivity contribution < 1.29 is 9.47 Å². The molecule has 1 aliphatic rings. The SMILES string of the molecule is COc1ccc(C=Nn2cn[nH]c2=S)cc1COc1ccc2c(c1)CCC2. The molecule has 0 amide bonds. The molecule has 0 spiro atoms. The highest BCUT2D eigenvalue weighted by molar-refractivity contribution is 7.71. The van der Waals surface area contributed by atoms with Gasteiger partial charge in [0.25, 0.3) is 0 Å². The van der Waals surface area contributed by atoms with Gasteiger partial charge in [-0.15, -0.1) is 0 Å². The maximum atomic E-state index is 6.02. The van der Waals surface area contributed by atoms with Crippen molar-refractivity contribution in [1.29, 1.82) is 0 Å². The molecule has 4 rings (SSSR count). The quantitative estimate of drug-likeness (QED) is 0.520. The molecule has 1 heterocycles. The Hall–Kier alpha value is -2.93. The fraction of sp³-hybridized carbons (Fsp3) is 0.250. The Balaban J connectivity index is 1.51. The zero-order valence-electron chi connectivity index (χ0n) is 15.0. The van der Waals surface area contributed by atoms with Crippen molar-refractivity contribution in [3.8, 4) is 11.5 Å². The number of hydrogen-bond donors (Lipinski definition) is 1. The van der Waals surface area contributed by atoms with Crippen molar-refractivity contribution >= 4 is 18.4 Å². The van der Waals surface area contributed by atoms with E-state index in [-0.39, 0.29) is 0 Å². The number of ether oxygens (including phenoxy) is 2. The van der Waals surface area contributed by atoms with Gasteiger partial charge in [0.1, 0.15) is 24.4 Å². The number of aromatic amines is 1. The summed E-state index contributed by atoms with van der Waals surface area (Å²) in [6, 6.07) is 12.2. The average Bonchev–Trinajstić information content (AvgIpc) is 3.32. The molecule has 0 aliphatic heterocycles. The second kappa shape index (κ2) is 7.75. The van der Waals surface area contributed by atoms with E-state index < -0.39 is 0 Å². The van der Waals surface area contributed by atoms with Gasteiger partial charge >= 0.3 is 0 Å². The van der Waals surface area contributed by atoms with Crippen LogP contribution in [0.4, 0.5) is 0 Å². The molecule has 0 radical (unpaired) electrons. The number of aryl methyl sites for hydroxylation is 2. The molecule has 0 atom stereocenters. The lowest BCUT2D eigenvalue weighted by Crippen LogP contribution is -2.01. The summed E-state index contributed by atoms with van der Waals surface area (Å²) in [5, 5.41) is 10.8. The van der Waals surface area contributed by atoms with Crippen LogP contribution in [0.1, 0.15) is 28.7 Å². The van der Waals surface area contributed by atoms with E-state index in [9.17, 15) is 0 Å². The van der Waals surface area contributed by atoms with E-state index in [4.69, 9.17) is 21.7 Å². The molecule has 0 fully saturated rings. The Morgan fingerprint density at radius 1 is 1.22 bits per heavy atom. The fourth-order valence-electron chi connectivity index (χ4n) is 3.24. The van der Waals surface area contributed by atoms with Gasteiger partial charge in [0, 0.05) is 5.56 Å². The Bertz CT molecular complexity index is 1040. The Labute approximate surface area is 162 Å². The summed E-state index contributed by atoms with van der Waals surface area (Å²) in [5.41, 5.74) is 4.72. The van der Waals surface area contributed by atoms with E-state index in [2.05, 4.69) is 27.4 Å². The Morgan fingerprint density at radius 2 is 2.11 bits per heavy atom. The minimum Gasteiger partial charge on any atom is -0.496 e. The molecule has 3 aromatic rings. The van der Waals surface area contributed by atoms with E-state index in [1.54, 1.807) is 13.3 Å². The van der Waals surface area contributed by atoms with Crippen LogP contribution in [-0.4, -0.2) is 28.2 Å². The summed E-state index contributed by atoms with van der Waals surface area (Å²) < 4.78 is 13.4. The first-order chi connectivity index (χ1) is 13.2. The summed E-state index contributed by atoms with van der Waals surface area (Å²) in [4.78, 5) is 0. The second-order valence-electron chi connectivity index (χ2n) is 6.39. The molecular formula is C20H20N4O2S. The number of hydrogen-bond acceptors (Lipinski definition) is 5. The zero-order chi connectivity index (χ0) is 18.6. The van der Waals surface area contributed by atoms with Crippen LogP contribution in [0.3, 0.4) is 0 Å². The molecule has 7 heteroatoms. The molecule has 0 bridgehead atoms. The van der Waals surface area contributed by atoms with E-state index in [0.29, 0.717) is 11.4 Å². The molecular weight excluding hydrogens is 360 g/mol. The number of nitrogens with zero attached hydrogens (tertiary/aromatic N) is 3. The predicted octanol–water partition coefficient (Wildman–Crippen LogP) is 3.90. The lowest BCUT2D eigenvalue weighted by molar-refractivity contribution is 0.296. The van der Waals surface area contributed by atoms with Crippen molar-refractivity contribution in [2.24, 2.45) is 5.10 Å². The van der Waals surface area contributed by atoms with Crippen LogP contribution >= 0.6 is 12.2 Å². The summed E-state index contributed by atoms with van der Waals surface area (Å²) >= 11 is 5.09. The third kappa shape index (κ3) is 3.93. The molecule has 138 valence electrons. The number of rotatable bonds is 6. The predicted molar refractivity (Wildman–Crippen MR) is 106 cm³/mol. The van der Waals surface area contributed by atoms with Crippen LogP contribution in [0, 0.1) is 4.77 Å². The van der Waals surface area contributed by atoms with Gasteiger partial charge in [-0.2, -0.15) is 14.9 Å². The summed E-state index contributed by atoms with van der Waals surface area (Å²) in [5.74, 6) is 1.68. The van der Waals surface area contributed by atoms with E-state index in [1.807, 2.05) is 24.3 Å². The van der Waals surface area contributed by atoms with Crippen LogP contribution < -0.4 is 9.47 Å². The molecule has 1 N–H and O–H groups in total.